The lowest BCUT2D eigenvalue weighted by atomic mass is 10.2. The molecule has 0 unspecified atom stereocenters. The average molecular weight is 376 g/mol. The number of nitrogens with zero attached hydrogens (tertiary/aromatic N) is 2. The van der Waals surface area contributed by atoms with Crippen LogP contribution in [0.1, 0.15) is 5.56 Å². The second-order valence-corrected chi connectivity index (χ2v) is 6.82. The molecule has 0 amide bonds. The molecule has 0 aliphatic rings. The summed E-state index contributed by atoms with van der Waals surface area (Å²) < 4.78 is 28.9. The molecule has 0 saturated carbocycles. The number of carboxylic acid groups (broad SMARTS) is 2. The van der Waals surface area contributed by atoms with Gasteiger partial charge in [-0.2, -0.15) is 8.42 Å². The lowest BCUT2D eigenvalue weighted by Crippen LogP contribution is -2.40. The largest absolute Gasteiger partial charge is 0.480 e. The molecule has 0 aliphatic carbocycles. The molecule has 0 saturated heterocycles. The first-order valence-electron chi connectivity index (χ1n) is 7.43. The molecular formula is C17H16N2O6S. The molecule has 0 spiro atoms. The number of sulfonamides is 1. The highest BCUT2D eigenvalue weighted by molar-refractivity contribution is 7.90. The van der Waals surface area contributed by atoms with Crippen LogP contribution in [0.25, 0.3) is 0 Å². The number of carboxylic acids is 2. The van der Waals surface area contributed by atoms with Crippen molar-refractivity contribution in [3.05, 3.63) is 66.2 Å². The first-order valence-corrected chi connectivity index (χ1v) is 8.87. The first kappa shape index (κ1) is 19.1. The van der Waals surface area contributed by atoms with Crippen molar-refractivity contribution >= 4 is 27.8 Å². The average Bonchev–Trinajstić information content (AvgIpc) is 2.60. The standard InChI is InChI=1S/C17H16N2O6S/c20-15(21)11-19(12-16(22)23)17(13-7-3-1-4-8-13)18-26(24,25)14-9-5-2-6-10-14/h1-10H,11-12H2,(H,20,21)(H,22,23)/b18-17-. The monoisotopic (exact) mass is 376 g/mol. The smallest absolute Gasteiger partial charge is 0.323 e. The fourth-order valence-corrected chi connectivity index (χ4v) is 3.23. The van der Waals surface area contributed by atoms with Crippen LogP contribution in [-0.2, 0) is 19.6 Å². The maximum atomic E-state index is 12.6. The summed E-state index contributed by atoms with van der Waals surface area (Å²) in [4.78, 5) is 23.1. The zero-order valence-electron chi connectivity index (χ0n) is 13.5. The summed E-state index contributed by atoms with van der Waals surface area (Å²) in [6.07, 6.45) is 0. The third-order valence-corrected chi connectivity index (χ3v) is 4.51. The fraction of sp³-hybridized carbons (Fsp3) is 0.118. The van der Waals surface area contributed by atoms with Crippen molar-refractivity contribution in [1.82, 2.24) is 4.90 Å². The van der Waals surface area contributed by atoms with E-state index in [1.165, 1.54) is 36.4 Å². The molecule has 2 N–H and O–H groups in total. The van der Waals surface area contributed by atoms with Crippen LogP contribution >= 0.6 is 0 Å². The molecule has 8 nitrogen and oxygen atoms in total. The summed E-state index contributed by atoms with van der Waals surface area (Å²) in [6.45, 7) is -1.44. The van der Waals surface area contributed by atoms with E-state index in [9.17, 15) is 18.0 Å². The van der Waals surface area contributed by atoms with Gasteiger partial charge in [-0.25, -0.2) is 0 Å². The molecule has 0 atom stereocenters. The van der Waals surface area contributed by atoms with Gasteiger partial charge in [-0.3, -0.25) is 9.59 Å². The second-order valence-electron chi connectivity index (χ2n) is 5.21. The van der Waals surface area contributed by atoms with Crippen LogP contribution in [0.4, 0.5) is 0 Å². The van der Waals surface area contributed by atoms with Crippen molar-refractivity contribution in [2.24, 2.45) is 4.40 Å². The zero-order chi connectivity index (χ0) is 19.2. The van der Waals surface area contributed by atoms with E-state index in [2.05, 4.69) is 4.40 Å². The Hall–Kier alpha value is -3.20. The molecule has 0 heterocycles. The normalized spacial score (nSPS) is 11.8. The van der Waals surface area contributed by atoms with E-state index in [-0.39, 0.29) is 16.3 Å². The minimum Gasteiger partial charge on any atom is -0.480 e. The van der Waals surface area contributed by atoms with Gasteiger partial charge in [-0.1, -0.05) is 48.5 Å². The lowest BCUT2D eigenvalue weighted by molar-refractivity contribution is -0.140. The lowest BCUT2D eigenvalue weighted by Gasteiger charge is -2.22. The third-order valence-electron chi connectivity index (χ3n) is 3.23. The van der Waals surface area contributed by atoms with Crippen molar-refractivity contribution in [3.8, 4) is 0 Å². The minimum atomic E-state index is -4.16. The van der Waals surface area contributed by atoms with Crippen LogP contribution in [-0.4, -0.2) is 54.4 Å². The van der Waals surface area contributed by atoms with Gasteiger partial charge in [-0.05, 0) is 12.1 Å². The van der Waals surface area contributed by atoms with Crippen molar-refractivity contribution in [1.29, 1.82) is 0 Å². The maximum Gasteiger partial charge on any atom is 0.323 e. The number of hydrogen-bond acceptors (Lipinski definition) is 4. The summed E-state index contributed by atoms with van der Waals surface area (Å²) in [5.41, 5.74) is 0.287. The van der Waals surface area contributed by atoms with Crippen LogP contribution in [0.15, 0.2) is 70.0 Å². The highest BCUT2D eigenvalue weighted by atomic mass is 32.2. The highest BCUT2D eigenvalue weighted by Crippen LogP contribution is 2.15. The number of carbonyl (C=O) groups is 2. The molecule has 0 bridgehead atoms. The summed E-state index contributed by atoms with van der Waals surface area (Å²) in [5, 5.41) is 18.1. The van der Waals surface area contributed by atoms with Gasteiger partial charge in [0.1, 0.15) is 18.9 Å². The van der Waals surface area contributed by atoms with E-state index in [1.807, 2.05) is 0 Å². The van der Waals surface area contributed by atoms with E-state index in [0.717, 1.165) is 4.90 Å². The summed E-state index contributed by atoms with van der Waals surface area (Å²) in [6, 6.07) is 15.3. The van der Waals surface area contributed by atoms with Gasteiger partial charge < -0.3 is 15.1 Å². The molecule has 9 heteroatoms. The SMILES string of the molecule is O=C(O)CN(CC(=O)O)/C(=N\S(=O)(=O)c1ccccc1)c1ccccc1. The second kappa shape index (κ2) is 8.26. The topological polar surface area (TPSA) is 124 Å². The van der Waals surface area contributed by atoms with Crippen molar-refractivity contribution in [2.75, 3.05) is 13.1 Å². The highest BCUT2D eigenvalue weighted by Gasteiger charge is 2.23. The molecule has 2 rings (SSSR count). The minimum absolute atomic E-state index is 0.0842. The van der Waals surface area contributed by atoms with Crippen molar-refractivity contribution < 1.29 is 28.2 Å². The summed E-state index contributed by atoms with van der Waals surface area (Å²) >= 11 is 0. The Morgan fingerprint density at radius 1 is 0.846 bits per heavy atom. The van der Waals surface area contributed by atoms with Gasteiger partial charge in [0.2, 0.25) is 0 Å². The van der Waals surface area contributed by atoms with Gasteiger partial charge in [0, 0.05) is 5.56 Å². The molecule has 136 valence electrons. The zero-order valence-corrected chi connectivity index (χ0v) is 14.3. The Morgan fingerprint density at radius 2 is 1.31 bits per heavy atom. The van der Waals surface area contributed by atoms with Gasteiger partial charge in [0.15, 0.2) is 0 Å². The van der Waals surface area contributed by atoms with Crippen LogP contribution in [0.3, 0.4) is 0 Å². The summed E-state index contributed by atoms with van der Waals surface area (Å²) in [7, 11) is -4.16. The molecule has 0 aromatic heterocycles. The van der Waals surface area contributed by atoms with Crippen LogP contribution < -0.4 is 0 Å². The molecule has 2 aromatic carbocycles. The van der Waals surface area contributed by atoms with Crippen molar-refractivity contribution in [2.45, 2.75) is 4.90 Å². The van der Waals surface area contributed by atoms with E-state index >= 15 is 0 Å². The van der Waals surface area contributed by atoms with Crippen LogP contribution in [0.5, 0.6) is 0 Å². The van der Waals surface area contributed by atoms with Crippen LogP contribution in [0, 0.1) is 0 Å². The molecule has 0 fully saturated rings. The summed E-state index contributed by atoms with van der Waals surface area (Å²) in [5.74, 6) is -2.88. The number of benzene rings is 2. The van der Waals surface area contributed by atoms with Gasteiger partial charge >= 0.3 is 11.9 Å². The number of rotatable bonds is 7. The first-order chi connectivity index (χ1) is 12.3. The molecule has 0 aliphatic heterocycles. The molecule has 2 aromatic rings. The number of amidine groups is 1. The Balaban J connectivity index is 2.60. The van der Waals surface area contributed by atoms with Gasteiger partial charge in [0.25, 0.3) is 10.0 Å². The molecule has 26 heavy (non-hydrogen) atoms. The fourth-order valence-electron chi connectivity index (χ4n) is 2.17. The number of aliphatic carboxylic acids is 2. The quantitative estimate of drug-likeness (QED) is 0.551. The maximum absolute atomic E-state index is 12.6. The van der Waals surface area contributed by atoms with Crippen molar-refractivity contribution in [3.63, 3.8) is 0 Å². The predicted molar refractivity (Wildman–Crippen MR) is 93.5 cm³/mol. The molecular weight excluding hydrogens is 360 g/mol. The Kier molecular flexibility index (Phi) is 6.07. The van der Waals surface area contributed by atoms with E-state index in [4.69, 9.17) is 10.2 Å². The molecule has 0 radical (unpaired) electrons. The number of hydrogen-bond donors (Lipinski definition) is 2. The van der Waals surface area contributed by atoms with E-state index < -0.39 is 35.1 Å². The van der Waals surface area contributed by atoms with Gasteiger partial charge in [-0.15, -0.1) is 4.40 Å². The Morgan fingerprint density at radius 3 is 1.77 bits per heavy atom. The Bertz CT molecular complexity index is 895. The Labute approximate surface area is 150 Å². The van der Waals surface area contributed by atoms with Crippen LogP contribution in [0.2, 0.25) is 0 Å². The van der Waals surface area contributed by atoms with E-state index in [1.54, 1.807) is 24.3 Å². The van der Waals surface area contributed by atoms with E-state index in [0.29, 0.717) is 0 Å². The predicted octanol–water partition coefficient (Wildman–Crippen LogP) is 1.29. The van der Waals surface area contributed by atoms with Gasteiger partial charge in [0.05, 0.1) is 4.90 Å². The third kappa shape index (κ3) is 5.15.